The summed E-state index contributed by atoms with van der Waals surface area (Å²) in [6, 6.07) is 0.628. The van der Waals surface area contributed by atoms with Crippen molar-refractivity contribution in [1.82, 2.24) is 5.32 Å². The second-order valence-corrected chi connectivity index (χ2v) is 5.38. The first-order valence-electron chi connectivity index (χ1n) is 5.66. The van der Waals surface area contributed by atoms with Gasteiger partial charge in [-0.2, -0.15) is 11.8 Å². The largest absolute Gasteiger partial charge is 0.396 e. The summed E-state index contributed by atoms with van der Waals surface area (Å²) in [4.78, 5) is 0. The SMILES string of the molecule is CCCNC(C)CCSC(C)CCO. The normalized spacial score (nSPS) is 15.4. The second kappa shape index (κ2) is 9.81. The molecule has 86 valence electrons. The molecule has 0 rings (SSSR count). The molecule has 0 saturated heterocycles. The lowest BCUT2D eigenvalue weighted by molar-refractivity contribution is 0.289. The number of aliphatic hydroxyl groups is 1. The van der Waals surface area contributed by atoms with E-state index in [4.69, 9.17) is 5.11 Å². The summed E-state index contributed by atoms with van der Waals surface area (Å²) in [5.74, 6) is 1.19. The Bertz CT molecular complexity index is 122. The maximum Gasteiger partial charge on any atom is 0.0441 e. The number of hydrogen-bond acceptors (Lipinski definition) is 3. The van der Waals surface area contributed by atoms with Gasteiger partial charge >= 0.3 is 0 Å². The van der Waals surface area contributed by atoms with E-state index in [9.17, 15) is 0 Å². The molecule has 14 heavy (non-hydrogen) atoms. The summed E-state index contributed by atoms with van der Waals surface area (Å²) >= 11 is 1.96. The summed E-state index contributed by atoms with van der Waals surface area (Å²) in [6.07, 6.45) is 3.35. The monoisotopic (exact) mass is 219 g/mol. The van der Waals surface area contributed by atoms with Crippen LogP contribution >= 0.6 is 11.8 Å². The van der Waals surface area contributed by atoms with Gasteiger partial charge in [-0.3, -0.25) is 0 Å². The predicted molar refractivity (Wildman–Crippen MR) is 66.0 cm³/mol. The average Bonchev–Trinajstić information content (AvgIpc) is 2.15. The van der Waals surface area contributed by atoms with Crippen LogP contribution < -0.4 is 5.32 Å². The molecule has 0 saturated carbocycles. The highest BCUT2D eigenvalue weighted by atomic mass is 32.2. The van der Waals surface area contributed by atoms with Crippen LogP contribution in [0.25, 0.3) is 0 Å². The first-order valence-corrected chi connectivity index (χ1v) is 6.71. The highest BCUT2D eigenvalue weighted by Crippen LogP contribution is 2.15. The molecule has 0 radical (unpaired) electrons. The van der Waals surface area contributed by atoms with Crippen molar-refractivity contribution in [3.63, 3.8) is 0 Å². The third-order valence-corrected chi connectivity index (χ3v) is 3.51. The minimum Gasteiger partial charge on any atom is -0.396 e. The maximum atomic E-state index is 8.74. The van der Waals surface area contributed by atoms with Gasteiger partial charge in [-0.15, -0.1) is 0 Å². The third kappa shape index (κ3) is 8.85. The molecule has 3 heteroatoms. The molecule has 2 N–H and O–H groups in total. The van der Waals surface area contributed by atoms with Gasteiger partial charge < -0.3 is 10.4 Å². The van der Waals surface area contributed by atoms with E-state index in [2.05, 4.69) is 26.1 Å². The molecule has 0 amide bonds. The quantitative estimate of drug-likeness (QED) is 0.624. The number of nitrogens with one attached hydrogen (secondary N) is 1. The number of thioether (sulfide) groups is 1. The molecule has 0 aliphatic carbocycles. The van der Waals surface area contributed by atoms with Gasteiger partial charge in [0, 0.05) is 17.9 Å². The van der Waals surface area contributed by atoms with Crippen molar-refractivity contribution in [2.75, 3.05) is 18.9 Å². The lowest BCUT2D eigenvalue weighted by Crippen LogP contribution is -2.27. The standard InChI is InChI=1S/C11H25NOS/c1-4-7-12-10(2)6-9-14-11(3)5-8-13/h10-13H,4-9H2,1-3H3. The van der Waals surface area contributed by atoms with Crippen molar-refractivity contribution < 1.29 is 5.11 Å². The van der Waals surface area contributed by atoms with E-state index in [0.29, 0.717) is 17.9 Å². The van der Waals surface area contributed by atoms with Crippen molar-refractivity contribution in [1.29, 1.82) is 0 Å². The van der Waals surface area contributed by atoms with Crippen LogP contribution in [0.5, 0.6) is 0 Å². The van der Waals surface area contributed by atoms with E-state index in [0.717, 1.165) is 13.0 Å². The van der Waals surface area contributed by atoms with Crippen LogP contribution in [-0.4, -0.2) is 35.3 Å². The Hall–Kier alpha value is 0.270. The highest BCUT2D eigenvalue weighted by molar-refractivity contribution is 7.99. The van der Waals surface area contributed by atoms with Crippen LogP contribution in [-0.2, 0) is 0 Å². The van der Waals surface area contributed by atoms with Gasteiger partial charge in [0.2, 0.25) is 0 Å². The van der Waals surface area contributed by atoms with Gasteiger partial charge in [-0.1, -0.05) is 13.8 Å². The Morgan fingerprint density at radius 3 is 2.57 bits per heavy atom. The Kier molecular flexibility index (Phi) is 10.0. The van der Waals surface area contributed by atoms with Crippen molar-refractivity contribution in [2.45, 2.75) is 51.3 Å². The van der Waals surface area contributed by atoms with E-state index >= 15 is 0 Å². The van der Waals surface area contributed by atoms with Gasteiger partial charge in [-0.05, 0) is 38.5 Å². The van der Waals surface area contributed by atoms with Crippen molar-refractivity contribution in [3.05, 3.63) is 0 Å². The summed E-state index contributed by atoms with van der Waals surface area (Å²) in [7, 11) is 0. The molecule has 0 aliphatic rings. The Morgan fingerprint density at radius 1 is 1.29 bits per heavy atom. The second-order valence-electron chi connectivity index (χ2n) is 3.84. The molecule has 2 atom stereocenters. The number of aliphatic hydroxyl groups excluding tert-OH is 1. The predicted octanol–water partition coefficient (Wildman–Crippen LogP) is 2.27. The molecule has 0 aromatic heterocycles. The molecule has 0 aromatic rings. The third-order valence-electron chi connectivity index (χ3n) is 2.23. The molecule has 0 fully saturated rings. The molecule has 0 aromatic carbocycles. The minimum atomic E-state index is 0.317. The zero-order valence-corrected chi connectivity index (χ0v) is 10.6. The smallest absolute Gasteiger partial charge is 0.0441 e. The molecule has 0 bridgehead atoms. The van der Waals surface area contributed by atoms with Gasteiger partial charge in [0.15, 0.2) is 0 Å². The lowest BCUT2D eigenvalue weighted by atomic mass is 10.2. The van der Waals surface area contributed by atoms with Crippen LogP contribution in [0.3, 0.4) is 0 Å². The van der Waals surface area contributed by atoms with E-state index in [1.54, 1.807) is 0 Å². The van der Waals surface area contributed by atoms with Crippen LogP contribution in [0.1, 0.15) is 40.0 Å². The van der Waals surface area contributed by atoms with Crippen LogP contribution in [0.4, 0.5) is 0 Å². The Labute approximate surface area is 92.9 Å². The van der Waals surface area contributed by atoms with Crippen LogP contribution in [0.2, 0.25) is 0 Å². The highest BCUT2D eigenvalue weighted by Gasteiger charge is 2.04. The maximum absolute atomic E-state index is 8.74. The molecule has 0 aliphatic heterocycles. The topological polar surface area (TPSA) is 32.3 Å². The molecule has 0 spiro atoms. The van der Waals surface area contributed by atoms with Crippen molar-refractivity contribution in [3.8, 4) is 0 Å². The van der Waals surface area contributed by atoms with Crippen LogP contribution in [0.15, 0.2) is 0 Å². The van der Waals surface area contributed by atoms with Crippen LogP contribution in [0, 0.1) is 0 Å². The van der Waals surface area contributed by atoms with E-state index < -0.39 is 0 Å². The lowest BCUT2D eigenvalue weighted by Gasteiger charge is -2.14. The average molecular weight is 219 g/mol. The zero-order chi connectivity index (χ0) is 10.8. The fourth-order valence-corrected chi connectivity index (χ4v) is 2.37. The fraction of sp³-hybridized carbons (Fsp3) is 1.00. The summed E-state index contributed by atoms with van der Waals surface area (Å²) < 4.78 is 0. The van der Waals surface area contributed by atoms with Crippen molar-refractivity contribution >= 4 is 11.8 Å². The molecule has 0 heterocycles. The molecular weight excluding hydrogens is 194 g/mol. The number of rotatable bonds is 9. The van der Waals surface area contributed by atoms with Crippen molar-refractivity contribution in [2.24, 2.45) is 0 Å². The Balaban J connectivity index is 3.25. The van der Waals surface area contributed by atoms with Gasteiger partial charge in [0.25, 0.3) is 0 Å². The summed E-state index contributed by atoms with van der Waals surface area (Å²) in [6.45, 7) is 8.06. The van der Waals surface area contributed by atoms with E-state index in [-0.39, 0.29) is 0 Å². The number of hydrogen-bond donors (Lipinski definition) is 2. The fourth-order valence-electron chi connectivity index (χ4n) is 1.20. The minimum absolute atomic E-state index is 0.317. The molecular formula is C11H25NOS. The zero-order valence-electron chi connectivity index (χ0n) is 9.75. The van der Waals surface area contributed by atoms with E-state index in [1.165, 1.54) is 18.6 Å². The Morgan fingerprint density at radius 2 is 2.00 bits per heavy atom. The summed E-state index contributed by atoms with van der Waals surface area (Å²) in [5, 5.41) is 12.8. The molecule has 2 nitrogen and oxygen atoms in total. The van der Waals surface area contributed by atoms with Gasteiger partial charge in [0.1, 0.15) is 0 Å². The first kappa shape index (κ1) is 14.3. The van der Waals surface area contributed by atoms with Gasteiger partial charge in [-0.25, -0.2) is 0 Å². The molecule has 2 unspecified atom stereocenters. The van der Waals surface area contributed by atoms with E-state index in [1.807, 2.05) is 11.8 Å². The first-order chi connectivity index (χ1) is 6.70. The summed E-state index contributed by atoms with van der Waals surface area (Å²) in [5.41, 5.74) is 0. The van der Waals surface area contributed by atoms with Gasteiger partial charge in [0.05, 0.1) is 0 Å².